The van der Waals surface area contributed by atoms with Crippen molar-refractivity contribution in [3.05, 3.63) is 44.5 Å². The van der Waals surface area contributed by atoms with Crippen molar-refractivity contribution in [2.75, 3.05) is 5.73 Å². The number of halogens is 4. The Morgan fingerprint density at radius 1 is 0.941 bits per heavy atom. The molecule has 0 saturated carbocycles. The van der Waals surface area contributed by atoms with Crippen LogP contribution in [0, 0.1) is 0 Å². The number of hydrogen-bond acceptors (Lipinski definition) is 2. The number of nitrogens with two attached hydrogens (primary N) is 1. The summed E-state index contributed by atoms with van der Waals surface area (Å²) in [5.74, 6) is 0. The summed E-state index contributed by atoms with van der Waals surface area (Å²) >= 11 is 24.0. The first-order valence-corrected chi connectivity index (χ1v) is 6.06. The summed E-state index contributed by atoms with van der Waals surface area (Å²) in [7, 11) is 0. The molecule has 0 fully saturated rings. The van der Waals surface area contributed by atoms with Gasteiger partial charge in [0.1, 0.15) is 0 Å². The second-order valence-electron chi connectivity index (χ2n) is 3.32. The Morgan fingerprint density at radius 3 is 2.24 bits per heavy atom. The van der Waals surface area contributed by atoms with Gasteiger partial charge in [-0.1, -0.05) is 46.4 Å². The molecule has 17 heavy (non-hydrogen) atoms. The lowest BCUT2D eigenvalue weighted by Crippen LogP contribution is -1.90. The zero-order valence-electron chi connectivity index (χ0n) is 8.35. The third kappa shape index (κ3) is 2.45. The van der Waals surface area contributed by atoms with E-state index in [1.165, 1.54) is 12.3 Å². The summed E-state index contributed by atoms with van der Waals surface area (Å²) in [5, 5.41) is 1.23. The van der Waals surface area contributed by atoms with Crippen molar-refractivity contribution in [2.45, 2.75) is 0 Å². The van der Waals surface area contributed by atoms with E-state index in [9.17, 15) is 0 Å². The van der Waals surface area contributed by atoms with Crippen LogP contribution in [0.15, 0.2) is 24.4 Å². The summed E-state index contributed by atoms with van der Waals surface area (Å²) < 4.78 is 0. The maximum atomic E-state index is 6.11. The van der Waals surface area contributed by atoms with Crippen molar-refractivity contribution in [3.63, 3.8) is 0 Å². The van der Waals surface area contributed by atoms with Gasteiger partial charge in [-0.15, -0.1) is 0 Å². The smallest absolute Gasteiger partial charge is 0.0786 e. The standard InChI is InChI=1S/C11H6Cl4N2/c12-6-3-7(13)10(14)11(15)9(6)8-2-1-5(16)4-17-8/h1-4H,16H2. The Bertz CT molecular complexity index is 567. The molecule has 0 aliphatic rings. The fourth-order valence-electron chi connectivity index (χ4n) is 1.35. The van der Waals surface area contributed by atoms with Gasteiger partial charge in [-0.3, -0.25) is 4.98 Å². The summed E-state index contributed by atoms with van der Waals surface area (Å²) in [6.45, 7) is 0. The minimum Gasteiger partial charge on any atom is -0.397 e. The van der Waals surface area contributed by atoms with E-state index >= 15 is 0 Å². The van der Waals surface area contributed by atoms with Gasteiger partial charge in [0.05, 0.1) is 37.7 Å². The van der Waals surface area contributed by atoms with Crippen LogP contribution in [0.2, 0.25) is 20.1 Å². The molecule has 0 amide bonds. The van der Waals surface area contributed by atoms with Crippen LogP contribution < -0.4 is 5.73 Å². The van der Waals surface area contributed by atoms with E-state index in [0.717, 1.165) is 0 Å². The molecule has 0 unspecified atom stereocenters. The van der Waals surface area contributed by atoms with Crippen molar-refractivity contribution < 1.29 is 0 Å². The maximum Gasteiger partial charge on any atom is 0.0786 e. The molecule has 0 bridgehead atoms. The highest BCUT2D eigenvalue weighted by molar-refractivity contribution is 6.51. The van der Waals surface area contributed by atoms with E-state index in [2.05, 4.69) is 4.98 Å². The molecular weight excluding hydrogens is 302 g/mol. The SMILES string of the molecule is Nc1ccc(-c2c(Cl)cc(Cl)c(Cl)c2Cl)nc1. The monoisotopic (exact) mass is 306 g/mol. The molecule has 2 aromatic rings. The fraction of sp³-hybridized carbons (Fsp3) is 0. The van der Waals surface area contributed by atoms with Crippen molar-refractivity contribution in [1.29, 1.82) is 0 Å². The number of nitrogens with zero attached hydrogens (tertiary/aromatic N) is 1. The lowest BCUT2D eigenvalue weighted by molar-refractivity contribution is 1.33. The number of aromatic nitrogens is 1. The molecule has 88 valence electrons. The minimum absolute atomic E-state index is 0.256. The summed E-state index contributed by atoms with van der Waals surface area (Å²) in [4.78, 5) is 4.15. The molecule has 2 nitrogen and oxygen atoms in total. The first kappa shape index (κ1) is 12.8. The third-order valence-electron chi connectivity index (χ3n) is 2.16. The van der Waals surface area contributed by atoms with Crippen LogP contribution in [-0.4, -0.2) is 4.98 Å². The predicted octanol–water partition coefficient (Wildman–Crippen LogP) is 4.94. The van der Waals surface area contributed by atoms with Crippen LogP contribution >= 0.6 is 46.4 Å². The van der Waals surface area contributed by atoms with Gasteiger partial charge in [0.15, 0.2) is 0 Å². The van der Waals surface area contributed by atoms with Gasteiger partial charge < -0.3 is 5.73 Å². The van der Waals surface area contributed by atoms with Crippen LogP contribution in [0.25, 0.3) is 11.3 Å². The third-order valence-corrected chi connectivity index (χ3v) is 3.72. The average molecular weight is 308 g/mol. The topological polar surface area (TPSA) is 38.9 Å². The summed E-state index contributed by atoms with van der Waals surface area (Å²) in [6, 6.07) is 4.95. The maximum absolute atomic E-state index is 6.11. The fourth-order valence-corrected chi connectivity index (χ4v) is 2.46. The highest BCUT2D eigenvalue weighted by Crippen LogP contribution is 2.42. The Hall–Kier alpha value is -0.670. The van der Waals surface area contributed by atoms with Crippen LogP contribution in [0.3, 0.4) is 0 Å². The summed E-state index contributed by atoms with van der Waals surface area (Å²) in [5.41, 5.74) is 7.25. The average Bonchev–Trinajstić information content (AvgIpc) is 2.29. The number of anilines is 1. The van der Waals surface area contributed by atoms with Crippen LogP contribution in [-0.2, 0) is 0 Å². The predicted molar refractivity (Wildman–Crippen MR) is 74.1 cm³/mol. The van der Waals surface area contributed by atoms with Gasteiger partial charge >= 0.3 is 0 Å². The van der Waals surface area contributed by atoms with Gasteiger partial charge in [-0.05, 0) is 18.2 Å². The van der Waals surface area contributed by atoms with E-state index in [-0.39, 0.29) is 10.0 Å². The molecule has 1 heterocycles. The van der Waals surface area contributed by atoms with Gasteiger partial charge in [-0.25, -0.2) is 0 Å². The molecule has 0 spiro atoms. The quantitative estimate of drug-likeness (QED) is 0.598. The summed E-state index contributed by atoms with van der Waals surface area (Å²) in [6.07, 6.45) is 1.52. The number of nitrogen functional groups attached to an aromatic ring is 1. The van der Waals surface area contributed by atoms with E-state index in [1.54, 1.807) is 12.1 Å². The zero-order chi connectivity index (χ0) is 12.6. The Balaban J connectivity index is 2.67. The van der Waals surface area contributed by atoms with Crippen molar-refractivity contribution in [2.24, 2.45) is 0 Å². The first-order valence-electron chi connectivity index (χ1n) is 4.55. The number of rotatable bonds is 1. The molecule has 6 heteroatoms. The highest BCUT2D eigenvalue weighted by atomic mass is 35.5. The molecule has 0 radical (unpaired) electrons. The van der Waals surface area contributed by atoms with Gasteiger partial charge in [-0.2, -0.15) is 0 Å². The van der Waals surface area contributed by atoms with Crippen molar-refractivity contribution >= 4 is 52.1 Å². The molecule has 1 aromatic heterocycles. The second-order valence-corrected chi connectivity index (χ2v) is 4.89. The molecule has 2 N–H and O–H groups in total. The Kier molecular flexibility index (Phi) is 3.69. The lowest BCUT2D eigenvalue weighted by Gasteiger charge is -2.09. The largest absolute Gasteiger partial charge is 0.397 e. The van der Waals surface area contributed by atoms with Gasteiger partial charge in [0.2, 0.25) is 0 Å². The molecule has 2 rings (SSSR count). The molecular formula is C11H6Cl4N2. The number of hydrogen-bond donors (Lipinski definition) is 1. The van der Waals surface area contributed by atoms with Gasteiger partial charge in [0, 0.05) is 5.56 Å². The highest BCUT2D eigenvalue weighted by Gasteiger charge is 2.16. The number of benzene rings is 1. The Morgan fingerprint density at radius 2 is 1.65 bits per heavy atom. The van der Waals surface area contributed by atoms with Crippen LogP contribution in [0.5, 0.6) is 0 Å². The van der Waals surface area contributed by atoms with Crippen molar-refractivity contribution in [3.8, 4) is 11.3 Å². The van der Waals surface area contributed by atoms with E-state index in [4.69, 9.17) is 52.1 Å². The zero-order valence-corrected chi connectivity index (χ0v) is 11.4. The number of pyridine rings is 1. The lowest BCUT2D eigenvalue weighted by atomic mass is 10.1. The van der Waals surface area contributed by atoms with E-state index in [1.807, 2.05) is 0 Å². The second kappa shape index (κ2) is 4.91. The van der Waals surface area contributed by atoms with E-state index < -0.39 is 0 Å². The molecule has 1 aromatic carbocycles. The van der Waals surface area contributed by atoms with Crippen LogP contribution in [0.4, 0.5) is 5.69 Å². The van der Waals surface area contributed by atoms with Crippen LogP contribution in [0.1, 0.15) is 0 Å². The minimum atomic E-state index is 0.256. The van der Waals surface area contributed by atoms with Crippen molar-refractivity contribution in [1.82, 2.24) is 4.98 Å². The molecule has 0 atom stereocenters. The normalized spacial score (nSPS) is 10.6. The van der Waals surface area contributed by atoms with Gasteiger partial charge in [0.25, 0.3) is 0 Å². The molecule has 0 aliphatic heterocycles. The first-order chi connectivity index (χ1) is 8.00. The molecule has 0 aliphatic carbocycles. The molecule has 0 saturated heterocycles. The van der Waals surface area contributed by atoms with E-state index in [0.29, 0.717) is 27.0 Å². The Labute approximate surface area is 118 Å².